The van der Waals surface area contributed by atoms with E-state index in [1.807, 2.05) is 13.1 Å². The van der Waals surface area contributed by atoms with Crippen LogP contribution in [0.2, 0.25) is 0 Å². The van der Waals surface area contributed by atoms with Crippen molar-refractivity contribution in [3.63, 3.8) is 0 Å². The molecule has 2 aliphatic rings. The summed E-state index contributed by atoms with van der Waals surface area (Å²) in [7, 11) is 1.88. The highest BCUT2D eigenvalue weighted by Crippen LogP contribution is 2.24. The van der Waals surface area contributed by atoms with Crippen LogP contribution in [0.3, 0.4) is 0 Å². The summed E-state index contributed by atoms with van der Waals surface area (Å²) >= 11 is 0. The Bertz CT molecular complexity index is 632. The molecular formula is C22H37N5O. The lowest BCUT2D eigenvalue weighted by atomic mass is 10.1. The van der Waals surface area contributed by atoms with Gasteiger partial charge in [0.05, 0.1) is 18.9 Å². The zero-order chi connectivity index (χ0) is 19.9. The van der Waals surface area contributed by atoms with Crippen LogP contribution in [0.1, 0.15) is 57.9 Å². The summed E-state index contributed by atoms with van der Waals surface area (Å²) in [6.45, 7) is 8.68. The molecule has 2 atom stereocenters. The first-order chi connectivity index (χ1) is 13.6. The van der Waals surface area contributed by atoms with Crippen LogP contribution in [-0.2, 0) is 4.74 Å². The van der Waals surface area contributed by atoms with Crippen LogP contribution in [0.25, 0.3) is 0 Å². The number of pyridine rings is 1. The van der Waals surface area contributed by atoms with Gasteiger partial charge in [-0.3, -0.25) is 4.90 Å². The van der Waals surface area contributed by atoms with Gasteiger partial charge in [-0.05, 0) is 51.7 Å². The van der Waals surface area contributed by atoms with E-state index in [0.717, 1.165) is 36.8 Å². The normalized spacial score (nSPS) is 23.6. The Morgan fingerprint density at radius 3 is 2.46 bits per heavy atom. The zero-order valence-electron chi connectivity index (χ0n) is 17.8. The predicted molar refractivity (Wildman–Crippen MR) is 117 cm³/mol. The van der Waals surface area contributed by atoms with E-state index < -0.39 is 0 Å². The van der Waals surface area contributed by atoms with Crippen LogP contribution in [-0.4, -0.2) is 67.6 Å². The van der Waals surface area contributed by atoms with E-state index in [4.69, 9.17) is 15.1 Å². The van der Waals surface area contributed by atoms with E-state index in [2.05, 4.69) is 35.0 Å². The number of hydrogen-bond donors (Lipinski definition) is 2. The predicted octanol–water partition coefficient (Wildman–Crippen LogP) is 3.76. The van der Waals surface area contributed by atoms with Gasteiger partial charge in [0, 0.05) is 44.3 Å². The van der Waals surface area contributed by atoms with Crippen molar-refractivity contribution < 1.29 is 4.74 Å². The van der Waals surface area contributed by atoms with Crippen molar-refractivity contribution in [3.05, 3.63) is 17.7 Å². The quantitative estimate of drug-likeness (QED) is 0.525. The number of nitrogens with one attached hydrogen (secondary N) is 2. The molecule has 2 aliphatic heterocycles. The maximum Gasteiger partial charge on any atom is 0.137 e. The van der Waals surface area contributed by atoms with Gasteiger partial charge in [-0.2, -0.15) is 0 Å². The number of ether oxygens (including phenoxy) is 1. The molecule has 2 N–H and O–H groups in total. The number of aromatic nitrogens is 1. The number of rotatable bonds is 8. The lowest BCUT2D eigenvalue weighted by molar-refractivity contribution is 0.111. The van der Waals surface area contributed by atoms with E-state index in [-0.39, 0.29) is 0 Å². The summed E-state index contributed by atoms with van der Waals surface area (Å²) in [6, 6.07) is 5.37. The molecular weight excluding hydrogens is 350 g/mol. The fourth-order valence-electron chi connectivity index (χ4n) is 4.47. The maximum absolute atomic E-state index is 8.46. The Balaban J connectivity index is 1.54. The van der Waals surface area contributed by atoms with Crippen molar-refractivity contribution in [2.24, 2.45) is 0 Å². The molecule has 0 aliphatic carbocycles. The Morgan fingerprint density at radius 2 is 1.82 bits per heavy atom. The number of hydrogen-bond acceptors (Lipinski definition) is 6. The molecule has 1 aromatic heterocycles. The molecule has 28 heavy (non-hydrogen) atoms. The van der Waals surface area contributed by atoms with Crippen molar-refractivity contribution in [3.8, 4) is 0 Å². The summed E-state index contributed by atoms with van der Waals surface area (Å²) in [5.74, 6) is 1.79. The summed E-state index contributed by atoms with van der Waals surface area (Å²) in [5.41, 5.74) is 1.32. The van der Waals surface area contributed by atoms with E-state index in [9.17, 15) is 0 Å². The van der Waals surface area contributed by atoms with Crippen LogP contribution >= 0.6 is 0 Å². The third-order valence-corrected chi connectivity index (χ3v) is 6.25. The van der Waals surface area contributed by atoms with Gasteiger partial charge in [-0.15, -0.1) is 0 Å². The minimum absolute atomic E-state index is 0.329. The molecule has 3 heterocycles. The van der Waals surface area contributed by atoms with Crippen molar-refractivity contribution in [2.75, 3.05) is 50.1 Å². The average Bonchev–Trinajstić information content (AvgIpc) is 2.91. The van der Waals surface area contributed by atoms with Crippen molar-refractivity contribution in [1.82, 2.24) is 9.88 Å². The minimum atomic E-state index is 0.329. The first-order valence-electron chi connectivity index (χ1n) is 10.9. The molecule has 2 saturated heterocycles. The third kappa shape index (κ3) is 5.23. The lowest BCUT2D eigenvalue weighted by Gasteiger charge is -2.25. The van der Waals surface area contributed by atoms with Gasteiger partial charge in [0.2, 0.25) is 0 Å². The number of anilines is 2. The topological polar surface area (TPSA) is 64.5 Å². The Labute approximate surface area is 170 Å². The van der Waals surface area contributed by atoms with Crippen molar-refractivity contribution in [2.45, 2.75) is 64.5 Å². The highest BCUT2D eigenvalue weighted by molar-refractivity contribution is 6.03. The van der Waals surface area contributed by atoms with E-state index >= 15 is 0 Å². The summed E-state index contributed by atoms with van der Waals surface area (Å²) in [5, 5.41) is 11.6. The minimum Gasteiger partial charge on any atom is -0.374 e. The highest BCUT2D eigenvalue weighted by atomic mass is 16.5. The smallest absolute Gasteiger partial charge is 0.137 e. The molecule has 0 radical (unpaired) electrons. The van der Waals surface area contributed by atoms with Crippen LogP contribution < -0.4 is 10.2 Å². The Morgan fingerprint density at radius 1 is 1.14 bits per heavy atom. The monoisotopic (exact) mass is 387 g/mol. The average molecular weight is 388 g/mol. The summed E-state index contributed by atoms with van der Waals surface area (Å²) in [6.07, 6.45) is 7.64. The molecule has 156 valence electrons. The molecule has 1 aromatic rings. The second-order valence-electron chi connectivity index (χ2n) is 8.26. The maximum atomic E-state index is 8.46. The van der Waals surface area contributed by atoms with Gasteiger partial charge in [-0.25, -0.2) is 4.98 Å². The highest BCUT2D eigenvalue weighted by Gasteiger charge is 2.26. The van der Waals surface area contributed by atoms with Gasteiger partial charge < -0.3 is 20.4 Å². The summed E-state index contributed by atoms with van der Waals surface area (Å²) < 4.78 is 5.84. The second-order valence-corrected chi connectivity index (χ2v) is 8.26. The van der Waals surface area contributed by atoms with Crippen LogP contribution in [0, 0.1) is 5.41 Å². The second kappa shape index (κ2) is 10.2. The largest absolute Gasteiger partial charge is 0.374 e. The fourth-order valence-corrected chi connectivity index (χ4v) is 4.47. The standard InChI is InChI=1S/C22H37N5O/c1-17-8-9-18(2)27(17)14-15-28-16-20(23)19-10-11-21(25-22(19)24-3)26-12-6-4-5-7-13-26/h10-11,17-18,23H,4-9,12-16H2,1-3H3,(H,24,25). The van der Waals surface area contributed by atoms with Gasteiger partial charge in [0.15, 0.2) is 0 Å². The molecule has 6 nitrogen and oxygen atoms in total. The zero-order valence-corrected chi connectivity index (χ0v) is 17.8. The Kier molecular flexibility index (Phi) is 7.68. The van der Waals surface area contributed by atoms with Gasteiger partial charge in [-0.1, -0.05) is 12.8 Å². The molecule has 0 aromatic carbocycles. The molecule has 2 unspecified atom stereocenters. The molecule has 0 amide bonds. The van der Waals surface area contributed by atoms with Crippen LogP contribution in [0.4, 0.5) is 11.6 Å². The summed E-state index contributed by atoms with van der Waals surface area (Å²) in [4.78, 5) is 9.68. The van der Waals surface area contributed by atoms with Gasteiger partial charge in [0.25, 0.3) is 0 Å². The molecule has 3 rings (SSSR count). The van der Waals surface area contributed by atoms with Gasteiger partial charge >= 0.3 is 0 Å². The van der Waals surface area contributed by atoms with Crippen LogP contribution in [0.5, 0.6) is 0 Å². The molecule has 0 spiro atoms. The Hall–Kier alpha value is -1.66. The SMILES string of the molecule is CNc1nc(N2CCCCCC2)ccc1C(=N)COCCN1C(C)CCC1C. The molecule has 0 bridgehead atoms. The van der Waals surface area contributed by atoms with Crippen LogP contribution in [0.15, 0.2) is 12.1 Å². The first-order valence-corrected chi connectivity index (χ1v) is 10.9. The molecule has 2 fully saturated rings. The van der Waals surface area contributed by atoms with E-state index in [1.54, 1.807) is 0 Å². The molecule has 6 heteroatoms. The lowest BCUT2D eigenvalue weighted by Crippen LogP contribution is -2.35. The first kappa shape index (κ1) is 21.1. The van der Waals surface area contributed by atoms with E-state index in [0.29, 0.717) is 31.0 Å². The number of nitrogens with zero attached hydrogens (tertiary/aromatic N) is 3. The third-order valence-electron chi connectivity index (χ3n) is 6.25. The van der Waals surface area contributed by atoms with Crippen molar-refractivity contribution >= 4 is 17.3 Å². The molecule has 0 saturated carbocycles. The van der Waals surface area contributed by atoms with Crippen molar-refractivity contribution in [1.29, 1.82) is 5.41 Å². The number of likely N-dealkylation sites (tertiary alicyclic amines) is 1. The van der Waals surface area contributed by atoms with E-state index in [1.165, 1.54) is 38.5 Å². The van der Waals surface area contributed by atoms with Gasteiger partial charge in [0.1, 0.15) is 11.6 Å². The fraction of sp³-hybridized carbons (Fsp3) is 0.727.